The first-order valence-corrected chi connectivity index (χ1v) is 15.3. The summed E-state index contributed by atoms with van der Waals surface area (Å²) < 4.78 is 30.4. The molecule has 3 rings (SSSR count). The Kier molecular flexibility index (Phi) is 9.58. The van der Waals surface area contributed by atoms with Crippen molar-refractivity contribution < 1.29 is 18.0 Å². The molecule has 0 unspecified atom stereocenters. The minimum absolute atomic E-state index is 0.0798. The molecule has 0 saturated heterocycles. The number of carbonyl (C=O) groups is 2. The molecule has 0 fully saturated rings. The zero-order valence-electron chi connectivity index (χ0n) is 22.0. The lowest BCUT2D eigenvalue weighted by Crippen LogP contribution is -2.45. The molecule has 0 radical (unpaired) electrons. The number of nitrogens with zero attached hydrogens (tertiary/aromatic N) is 1. The molecule has 0 spiro atoms. The minimum Gasteiger partial charge on any atom is -0.369 e. The number of hydrogen-bond donors (Lipinski definition) is 1. The number of halogens is 3. The van der Waals surface area contributed by atoms with Gasteiger partial charge in [-0.25, -0.2) is 8.42 Å². The van der Waals surface area contributed by atoms with Gasteiger partial charge in [0.15, 0.2) is 5.78 Å². The standard InChI is InChI=1S/C28H33BrCl2N2O4S/c1-16(2)12-18(27(32)35)14-23(34)19-15-25(28(3,4)5)33(26(19)17-10-11-21(30)22(31)13-17)38(36,37)24-9-7-6-8-20(24)29/h6-11,13,15-16,18,25-26H,12,14H2,1-5H3,(H2,32,35)/t18-,25+,26+/m1/s1. The van der Waals surface area contributed by atoms with Crippen LogP contribution in [0.15, 0.2) is 63.5 Å². The molecule has 1 aliphatic heterocycles. The van der Waals surface area contributed by atoms with E-state index in [0.717, 1.165) is 0 Å². The summed E-state index contributed by atoms with van der Waals surface area (Å²) in [6.45, 7) is 9.66. The van der Waals surface area contributed by atoms with Gasteiger partial charge < -0.3 is 5.73 Å². The molecule has 0 aromatic heterocycles. The Balaban J connectivity index is 2.24. The van der Waals surface area contributed by atoms with Crippen LogP contribution in [0.1, 0.15) is 59.1 Å². The third-order valence-electron chi connectivity index (χ3n) is 6.61. The van der Waals surface area contributed by atoms with Crippen molar-refractivity contribution in [3.63, 3.8) is 0 Å². The lowest BCUT2D eigenvalue weighted by molar-refractivity contribution is -0.126. The molecular weight excluding hydrogens is 611 g/mol. The lowest BCUT2D eigenvalue weighted by Gasteiger charge is -2.37. The number of rotatable bonds is 9. The number of carbonyl (C=O) groups excluding carboxylic acids is 2. The molecule has 1 amide bonds. The molecular formula is C28H33BrCl2N2O4S. The van der Waals surface area contributed by atoms with E-state index in [-0.39, 0.29) is 33.6 Å². The molecule has 3 atom stereocenters. The van der Waals surface area contributed by atoms with E-state index >= 15 is 0 Å². The van der Waals surface area contributed by atoms with Crippen molar-refractivity contribution in [1.29, 1.82) is 0 Å². The zero-order chi connectivity index (χ0) is 28.6. The smallest absolute Gasteiger partial charge is 0.245 e. The average Bonchev–Trinajstić information content (AvgIpc) is 3.22. The van der Waals surface area contributed by atoms with Crippen LogP contribution >= 0.6 is 39.1 Å². The number of amides is 1. The van der Waals surface area contributed by atoms with E-state index in [4.69, 9.17) is 28.9 Å². The van der Waals surface area contributed by atoms with Crippen molar-refractivity contribution in [2.45, 2.75) is 64.4 Å². The Hall–Kier alpha value is -1.71. The fraction of sp³-hybridized carbons (Fsp3) is 0.429. The molecule has 2 aromatic rings. The summed E-state index contributed by atoms with van der Waals surface area (Å²) in [6, 6.07) is 9.76. The fourth-order valence-electron chi connectivity index (χ4n) is 4.79. The number of primary amides is 1. The number of benzene rings is 2. The van der Waals surface area contributed by atoms with Gasteiger partial charge in [0.25, 0.3) is 0 Å². The highest BCUT2D eigenvalue weighted by atomic mass is 79.9. The fourth-order valence-corrected chi connectivity index (χ4v) is 7.97. The van der Waals surface area contributed by atoms with Gasteiger partial charge in [-0.05, 0) is 63.5 Å². The second kappa shape index (κ2) is 11.8. The van der Waals surface area contributed by atoms with Gasteiger partial charge >= 0.3 is 0 Å². The highest BCUT2D eigenvalue weighted by Crippen LogP contribution is 2.48. The van der Waals surface area contributed by atoms with Crippen LogP contribution in [0.3, 0.4) is 0 Å². The highest BCUT2D eigenvalue weighted by Gasteiger charge is 2.50. The molecule has 2 aromatic carbocycles. The summed E-state index contributed by atoms with van der Waals surface area (Å²) in [6.07, 6.45) is 2.06. The summed E-state index contributed by atoms with van der Waals surface area (Å²) >= 11 is 15.9. The van der Waals surface area contributed by atoms with Crippen LogP contribution < -0.4 is 5.73 Å². The van der Waals surface area contributed by atoms with E-state index in [1.54, 1.807) is 42.5 Å². The molecule has 1 heterocycles. The Bertz CT molecular complexity index is 1370. The van der Waals surface area contributed by atoms with Gasteiger partial charge in [0.1, 0.15) is 0 Å². The van der Waals surface area contributed by atoms with E-state index in [2.05, 4.69) is 15.9 Å². The molecule has 38 heavy (non-hydrogen) atoms. The topological polar surface area (TPSA) is 97.5 Å². The minimum atomic E-state index is -4.14. The number of hydrogen-bond acceptors (Lipinski definition) is 4. The van der Waals surface area contributed by atoms with Crippen LogP contribution in [-0.2, 0) is 19.6 Å². The second-order valence-corrected chi connectivity index (χ2v) is 14.6. The summed E-state index contributed by atoms with van der Waals surface area (Å²) in [5, 5.41) is 0.548. The Labute approximate surface area is 243 Å². The van der Waals surface area contributed by atoms with Crippen molar-refractivity contribution >= 4 is 60.8 Å². The van der Waals surface area contributed by atoms with Crippen molar-refractivity contribution in [2.75, 3.05) is 0 Å². The highest BCUT2D eigenvalue weighted by molar-refractivity contribution is 9.10. The maximum absolute atomic E-state index is 14.3. The monoisotopic (exact) mass is 642 g/mol. The number of nitrogens with two attached hydrogens (primary N) is 1. The van der Waals surface area contributed by atoms with Gasteiger partial charge in [-0.2, -0.15) is 4.31 Å². The number of Topliss-reactive ketones (excluding diaryl/α,β-unsaturated/α-hetero) is 1. The molecule has 206 valence electrons. The van der Waals surface area contributed by atoms with Crippen LogP contribution in [-0.4, -0.2) is 30.5 Å². The van der Waals surface area contributed by atoms with Gasteiger partial charge in [-0.3, -0.25) is 9.59 Å². The number of sulfonamides is 1. The van der Waals surface area contributed by atoms with E-state index in [1.807, 2.05) is 34.6 Å². The van der Waals surface area contributed by atoms with Crippen LogP contribution in [0.5, 0.6) is 0 Å². The van der Waals surface area contributed by atoms with Crippen LogP contribution in [0.25, 0.3) is 0 Å². The molecule has 6 nitrogen and oxygen atoms in total. The first-order valence-electron chi connectivity index (χ1n) is 12.3. The van der Waals surface area contributed by atoms with Crippen LogP contribution in [0.4, 0.5) is 0 Å². The van der Waals surface area contributed by atoms with Gasteiger partial charge in [-0.15, -0.1) is 0 Å². The summed E-state index contributed by atoms with van der Waals surface area (Å²) in [4.78, 5) is 26.1. The van der Waals surface area contributed by atoms with Crippen LogP contribution in [0.2, 0.25) is 10.0 Å². The van der Waals surface area contributed by atoms with E-state index in [9.17, 15) is 18.0 Å². The Morgan fingerprint density at radius 1 is 1.08 bits per heavy atom. The molecule has 10 heteroatoms. The molecule has 0 aliphatic carbocycles. The van der Waals surface area contributed by atoms with Crippen molar-refractivity contribution in [3.05, 3.63) is 74.2 Å². The summed E-state index contributed by atoms with van der Waals surface area (Å²) in [7, 11) is -4.14. The Morgan fingerprint density at radius 2 is 1.71 bits per heavy atom. The van der Waals surface area contributed by atoms with E-state index < -0.39 is 39.3 Å². The van der Waals surface area contributed by atoms with Gasteiger partial charge in [0.05, 0.1) is 21.0 Å². The molecule has 0 bridgehead atoms. The number of ketones is 1. The maximum atomic E-state index is 14.3. The van der Waals surface area contributed by atoms with Crippen LogP contribution in [0, 0.1) is 17.3 Å². The van der Waals surface area contributed by atoms with E-state index in [0.29, 0.717) is 21.5 Å². The zero-order valence-corrected chi connectivity index (χ0v) is 26.0. The molecule has 2 N–H and O–H groups in total. The summed E-state index contributed by atoms with van der Waals surface area (Å²) in [5.41, 5.74) is 5.86. The largest absolute Gasteiger partial charge is 0.369 e. The average molecular weight is 644 g/mol. The third-order valence-corrected chi connectivity index (χ3v) is 10.2. The van der Waals surface area contributed by atoms with Gasteiger partial charge in [0, 0.05) is 28.4 Å². The van der Waals surface area contributed by atoms with Gasteiger partial charge in [0.2, 0.25) is 15.9 Å². The third kappa shape index (κ3) is 6.53. The predicted octanol–water partition coefficient (Wildman–Crippen LogP) is 6.95. The first-order chi connectivity index (χ1) is 17.6. The lowest BCUT2D eigenvalue weighted by atomic mass is 9.86. The van der Waals surface area contributed by atoms with Crippen molar-refractivity contribution in [2.24, 2.45) is 23.0 Å². The Morgan fingerprint density at radius 3 is 2.24 bits per heavy atom. The SMILES string of the molecule is CC(C)C[C@H](CC(=O)C1=C[C@@H](C(C)(C)C)N(S(=O)(=O)c2ccccc2Br)[C@H]1c1ccc(Cl)c(Cl)c1)C(N)=O. The first kappa shape index (κ1) is 30.8. The van der Waals surface area contributed by atoms with E-state index in [1.165, 1.54) is 10.4 Å². The molecule has 1 aliphatic rings. The predicted molar refractivity (Wildman–Crippen MR) is 155 cm³/mol. The normalized spacial score (nSPS) is 19.4. The quantitative estimate of drug-likeness (QED) is 0.320. The van der Waals surface area contributed by atoms with Gasteiger partial charge in [-0.1, -0.05) is 82.1 Å². The molecule has 0 saturated carbocycles. The van der Waals surface area contributed by atoms with Crippen molar-refractivity contribution in [1.82, 2.24) is 4.31 Å². The second-order valence-electron chi connectivity index (χ2n) is 11.1. The van der Waals surface area contributed by atoms with Crippen molar-refractivity contribution in [3.8, 4) is 0 Å². The summed E-state index contributed by atoms with van der Waals surface area (Å²) in [5.74, 6) is -1.40. The maximum Gasteiger partial charge on any atom is 0.245 e.